The van der Waals surface area contributed by atoms with Gasteiger partial charge in [-0.3, -0.25) is 4.79 Å². The fraction of sp³-hybridized carbons (Fsp3) is 0.278. The van der Waals surface area contributed by atoms with E-state index in [1.165, 1.54) is 5.56 Å². The molecular weight excluding hydrogens is 260 g/mol. The van der Waals surface area contributed by atoms with E-state index in [2.05, 4.69) is 29.7 Å². The number of nitrogens with one attached hydrogen (secondary N) is 2. The van der Waals surface area contributed by atoms with E-state index in [1.54, 1.807) is 0 Å². The first-order valence-corrected chi connectivity index (χ1v) is 7.32. The van der Waals surface area contributed by atoms with Gasteiger partial charge in [-0.2, -0.15) is 0 Å². The van der Waals surface area contributed by atoms with Crippen LogP contribution in [0.2, 0.25) is 0 Å². The van der Waals surface area contributed by atoms with Crippen molar-refractivity contribution in [3.05, 3.63) is 59.2 Å². The third-order valence-electron chi connectivity index (χ3n) is 3.51. The summed E-state index contributed by atoms with van der Waals surface area (Å²) in [6, 6.07) is 13.8. The van der Waals surface area contributed by atoms with Gasteiger partial charge in [0.05, 0.1) is 0 Å². The molecule has 0 fully saturated rings. The Kier molecular flexibility index (Phi) is 4.99. The number of carbonyl (C=O) groups excluding carboxylic acids is 1. The summed E-state index contributed by atoms with van der Waals surface area (Å²) >= 11 is 0. The summed E-state index contributed by atoms with van der Waals surface area (Å²) in [5, 5.41) is 6.02. The standard InChI is InChI=1S/C18H22N2O/c1-4-5-14-6-8-15(9-7-14)20-18(21)17-11-10-16(19-3)12-13(17)2/h6-12,19H,4-5H2,1-3H3,(H,20,21). The molecule has 0 aliphatic carbocycles. The highest BCUT2D eigenvalue weighted by Crippen LogP contribution is 2.17. The van der Waals surface area contributed by atoms with Crippen LogP contribution in [0, 0.1) is 6.92 Å². The highest BCUT2D eigenvalue weighted by atomic mass is 16.1. The predicted molar refractivity (Wildman–Crippen MR) is 89.1 cm³/mol. The van der Waals surface area contributed by atoms with Gasteiger partial charge in [0.25, 0.3) is 5.91 Å². The molecule has 0 saturated carbocycles. The van der Waals surface area contributed by atoms with Crippen molar-refractivity contribution in [2.45, 2.75) is 26.7 Å². The van der Waals surface area contributed by atoms with Crippen LogP contribution in [0.1, 0.15) is 34.8 Å². The molecule has 0 unspecified atom stereocenters. The first kappa shape index (κ1) is 15.1. The largest absolute Gasteiger partial charge is 0.388 e. The van der Waals surface area contributed by atoms with Gasteiger partial charge in [-0.25, -0.2) is 0 Å². The molecule has 3 nitrogen and oxygen atoms in total. The minimum Gasteiger partial charge on any atom is -0.388 e. The van der Waals surface area contributed by atoms with Crippen molar-refractivity contribution in [1.82, 2.24) is 0 Å². The maximum absolute atomic E-state index is 12.3. The number of hydrogen-bond acceptors (Lipinski definition) is 2. The van der Waals surface area contributed by atoms with Gasteiger partial charge < -0.3 is 10.6 Å². The zero-order chi connectivity index (χ0) is 15.2. The highest BCUT2D eigenvalue weighted by Gasteiger charge is 2.09. The maximum Gasteiger partial charge on any atom is 0.255 e. The molecule has 2 N–H and O–H groups in total. The summed E-state index contributed by atoms with van der Waals surface area (Å²) in [5.41, 5.74) is 4.79. The molecule has 2 aromatic rings. The van der Waals surface area contributed by atoms with Crippen LogP contribution < -0.4 is 10.6 Å². The minimum atomic E-state index is -0.0709. The zero-order valence-corrected chi connectivity index (χ0v) is 12.9. The second-order valence-electron chi connectivity index (χ2n) is 5.18. The number of carbonyl (C=O) groups is 1. The van der Waals surface area contributed by atoms with Crippen molar-refractivity contribution < 1.29 is 4.79 Å². The van der Waals surface area contributed by atoms with Gasteiger partial charge in [-0.1, -0.05) is 25.5 Å². The highest BCUT2D eigenvalue weighted by molar-refractivity contribution is 6.05. The topological polar surface area (TPSA) is 41.1 Å². The fourth-order valence-electron chi connectivity index (χ4n) is 2.32. The smallest absolute Gasteiger partial charge is 0.255 e. The van der Waals surface area contributed by atoms with Gasteiger partial charge in [0, 0.05) is 24.0 Å². The van der Waals surface area contributed by atoms with E-state index >= 15 is 0 Å². The van der Waals surface area contributed by atoms with Crippen LogP contribution in [0.5, 0.6) is 0 Å². The summed E-state index contributed by atoms with van der Waals surface area (Å²) in [7, 11) is 1.87. The molecule has 110 valence electrons. The summed E-state index contributed by atoms with van der Waals surface area (Å²) in [6.07, 6.45) is 2.20. The second kappa shape index (κ2) is 6.93. The molecule has 0 heterocycles. The van der Waals surface area contributed by atoms with Crippen LogP contribution in [-0.4, -0.2) is 13.0 Å². The monoisotopic (exact) mass is 282 g/mol. The molecule has 0 saturated heterocycles. The van der Waals surface area contributed by atoms with Crippen LogP contribution in [0.3, 0.4) is 0 Å². The molecule has 0 aromatic heterocycles. The van der Waals surface area contributed by atoms with Crippen molar-refractivity contribution in [1.29, 1.82) is 0 Å². The lowest BCUT2D eigenvalue weighted by Gasteiger charge is -2.10. The Labute approximate surface area is 126 Å². The van der Waals surface area contributed by atoms with Crippen molar-refractivity contribution in [3.63, 3.8) is 0 Å². The van der Waals surface area contributed by atoms with Crippen molar-refractivity contribution in [3.8, 4) is 0 Å². The van der Waals surface area contributed by atoms with Gasteiger partial charge in [0.1, 0.15) is 0 Å². The molecule has 2 rings (SSSR count). The van der Waals surface area contributed by atoms with Gasteiger partial charge >= 0.3 is 0 Å². The molecule has 0 aliphatic heterocycles. The third-order valence-corrected chi connectivity index (χ3v) is 3.51. The first-order valence-electron chi connectivity index (χ1n) is 7.32. The molecule has 0 atom stereocenters. The van der Waals surface area contributed by atoms with E-state index < -0.39 is 0 Å². The van der Waals surface area contributed by atoms with Gasteiger partial charge in [0.2, 0.25) is 0 Å². The Morgan fingerprint density at radius 2 is 1.71 bits per heavy atom. The molecule has 0 radical (unpaired) electrons. The number of aryl methyl sites for hydroxylation is 2. The zero-order valence-electron chi connectivity index (χ0n) is 12.9. The third kappa shape index (κ3) is 3.85. The van der Waals surface area contributed by atoms with E-state index in [1.807, 2.05) is 44.3 Å². The van der Waals surface area contributed by atoms with E-state index in [4.69, 9.17) is 0 Å². The summed E-state index contributed by atoms with van der Waals surface area (Å²) in [5.74, 6) is -0.0709. The van der Waals surface area contributed by atoms with Gasteiger partial charge in [-0.15, -0.1) is 0 Å². The average molecular weight is 282 g/mol. The molecule has 0 bridgehead atoms. The van der Waals surface area contributed by atoms with Gasteiger partial charge in [0.15, 0.2) is 0 Å². The molecule has 2 aromatic carbocycles. The average Bonchev–Trinajstić information content (AvgIpc) is 2.49. The van der Waals surface area contributed by atoms with Crippen LogP contribution in [0.4, 0.5) is 11.4 Å². The van der Waals surface area contributed by atoms with E-state index in [9.17, 15) is 4.79 Å². The van der Waals surface area contributed by atoms with Crippen molar-refractivity contribution in [2.24, 2.45) is 0 Å². The minimum absolute atomic E-state index is 0.0709. The van der Waals surface area contributed by atoms with Crippen molar-refractivity contribution >= 4 is 17.3 Å². The summed E-state index contributed by atoms with van der Waals surface area (Å²) in [4.78, 5) is 12.3. The lowest BCUT2D eigenvalue weighted by atomic mass is 10.1. The van der Waals surface area contributed by atoms with Gasteiger partial charge in [-0.05, 0) is 54.8 Å². The number of anilines is 2. The van der Waals surface area contributed by atoms with E-state index in [0.29, 0.717) is 5.56 Å². The second-order valence-corrected chi connectivity index (χ2v) is 5.18. The summed E-state index contributed by atoms with van der Waals surface area (Å²) < 4.78 is 0. The first-order chi connectivity index (χ1) is 10.1. The number of hydrogen-bond donors (Lipinski definition) is 2. The molecule has 21 heavy (non-hydrogen) atoms. The number of rotatable bonds is 5. The lowest BCUT2D eigenvalue weighted by Crippen LogP contribution is -2.13. The molecule has 0 aliphatic rings. The van der Waals surface area contributed by atoms with E-state index in [-0.39, 0.29) is 5.91 Å². The van der Waals surface area contributed by atoms with Crippen molar-refractivity contribution in [2.75, 3.05) is 17.7 Å². The molecule has 1 amide bonds. The van der Waals surface area contributed by atoms with Crippen LogP contribution in [0.15, 0.2) is 42.5 Å². The van der Waals surface area contributed by atoms with Crippen LogP contribution in [-0.2, 0) is 6.42 Å². The summed E-state index contributed by atoms with van der Waals surface area (Å²) in [6.45, 7) is 4.10. The Hall–Kier alpha value is -2.29. The van der Waals surface area contributed by atoms with Crippen LogP contribution >= 0.6 is 0 Å². The quantitative estimate of drug-likeness (QED) is 0.861. The van der Waals surface area contributed by atoms with E-state index in [0.717, 1.165) is 29.8 Å². The number of amides is 1. The predicted octanol–water partition coefficient (Wildman–Crippen LogP) is 4.24. The fourth-order valence-corrected chi connectivity index (χ4v) is 2.32. The Morgan fingerprint density at radius 1 is 1.05 bits per heavy atom. The lowest BCUT2D eigenvalue weighted by molar-refractivity contribution is 0.102. The number of benzene rings is 2. The molecule has 3 heteroatoms. The Bertz CT molecular complexity index is 618. The normalized spacial score (nSPS) is 10.2. The SMILES string of the molecule is CCCc1ccc(NC(=O)c2ccc(NC)cc2C)cc1. The Morgan fingerprint density at radius 3 is 2.29 bits per heavy atom. The Balaban J connectivity index is 2.10. The molecular formula is C18H22N2O. The van der Waals surface area contributed by atoms with Crippen LogP contribution in [0.25, 0.3) is 0 Å². The molecule has 0 spiro atoms. The maximum atomic E-state index is 12.3.